The van der Waals surface area contributed by atoms with Crippen LogP contribution >= 0.6 is 35.7 Å². The molecule has 3 rings (SSSR count). The predicted octanol–water partition coefficient (Wildman–Crippen LogP) is 4.61. The second kappa shape index (κ2) is 6.71. The second-order valence-electron chi connectivity index (χ2n) is 5.23. The number of carbonyl (C=O) groups is 1. The summed E-state index contributed by atoms with van der Waals surface area (Å²) in [6.45, 7) is 7.68. The van der Waals surface area contributed by atoms with E-state index < -0.39 is 0 Å². The van der Waals surface area contributed by atoms with Gasteiger partial charge in [0.2, 0.25) is 0 Å². The van der Waals surface area contributed by atoms with Crippen molar-refractivity contribution in [3.63, 3.8) is 0 Å². The molecule has 0 saturated carbocycles. The summed E-state index contributed by atoms with van der Waals surface area (Å²) in [7, 11) is 0. The molecule has 1 amide bonds. The summed E-state index contributed by atoms with van der Waals surface area (Å²) in [4.78, 5) is 18.3. The topological polar surface area (TPSA) is 23.6 Å². The molecule has 1 aromatic rings. The van der Waals surface area contributed by atoms with Crippen molar-refractivity contribution in [3.05, 3.63) is 45.8 Å². The van der Waals surface area contributed by atoms with Gasteiger partial charge in [0.25, 0.3) is 5.91 Å². The van der Waals surface area contributed by atoms with Gasteiger partial charge in [-0.2, -0.15) is 0 Å². The van der Waals surface area contributed by atoms with Gasteiger partial charge in [-0.25, -0.2) is 0 Å². The van der Waals surface area contributed by atoms with Crippen molar-refractivity contribution in [1.82, 2.24) is 4.90 Å². The molecular weight excluding hydrogens is 344 g/mol. The van der Waals surface area contributed by atoms with Crippen LogP contribution in [-0.4, -0.2) is 28.2 Å². The van der Waals surface area contributed by atoms with Crippen molar-refractivity contribution in [2.45, 2.75) is 25.7 Å². The van der Waals surface area contributed by atoms with Crippen LogP contribution in [0.5, 0.6) is 0 Å². The lowest BCUT2D eigenvalue weighted by Gasteiger charge is -2.19. The summed E-state index contributed by atoms with van der Waals surface area (Å²) in [6, 6.07) is 8.40. The lowest BCUT2D eigenvalue weighted by atomic mass is 10.2. The molecule has 1 saturated heterocycles. The summed E-state index contributed by atoms with van der Waals surface area (Å²) in [5, 5.41) is 1.19. The number of hydrogen-bond acceptors (Lipinski definition) is 5. The van der Waals surface area contributed by atoms with Gasteiger partial charge in [-0.3, -0.25) is 9.69 Å². The maximum absolute atomic E-state index is 12.4. The fraction of sp³-hybridized carbons (Fsp3) is 0.294. The van der Waals surface area contributed by atoms with E-state index in [1.807, 2.05) is 13.0 Å². The van der Waals surface area contributed by atoms with Crippen LogP contribution in [0.4, 0.5) is 5.69 Å². The lowest BCUT2D eigenvalue weighted by molar-refractivity contribution is -0.122. The van der Waals surface area contributed by atoms with Crippen LogP contribution in [0.1, 0.15) is 20.8 Å². The van der Waals surface area contributed by atoms with Gasteiger partial charge in [0.1, 0.15) is 4.32 Å². The smallest absolute Gasteiger partial charge is 0.266 e. The van der Waals surface area contributed by atoms with Crippen LogP contribution in [-0.2, 0) is 4.79 Å². The van der Waals surface area contributed by atoms with E-state index in [2.05, 4.69) is 43.0 Å². The highest BCUT2D eigenvalue weighted by Gasteiger charge is 2.31. The number of nitrogens with zero attached hydrogens (tertiary/aromatic N) is 2. The molecule has 0 aliphatic carbocycles. The van der Waals surface area contributed by atoms with E-state index in [9.17, 15) is 4.79 Å². The largest absolute Gasteiger partial charge is 0.335 e. The third kappa shape index (κ3) is 2.95. The minimum absolute atomic E-state index is 0.0195. The monoisotopic (exact) mass is 362 g/mol. The molecule has 1 aromatic carbocycles. The molecular formula is C17H18N2OS3. The molecule has 0 aromatic heterocycles. The van der Waals surface area contributed by atoms with Gasteiger partial charge in [-0.05, 0) is 44.6 Å². The first-order chi connectivity index (χ1) is 11.1. The van der Waals surface area contributed by atoms with Crippen molar-refractivity contribution >= 4 is 51.7 Å². The van der Waals surface area contributed by atoms with E-state index in [4.69, 9.17) is 12.2 Å². The van der Waals surface area contributed by atoms with Crippen LogP contribution in [0.15, 0.2) is 50.7 Å². The molecule has 2 heterocycles. The number of rotatable bonds is 3. The highest BCUT2D eigenvalue weighted by atomic mass is 32.2. The second-order valence-corrected chi connectivity index (χ2v) is 7.93. The molecule has 2 aliphatic rings. The maximum atomic E-state index is 12.4. The Kier molecular flexibility index (Phi) is 4.85. The molecule has 120 valence electrons. The number of para-hydroxylation sites is 1. The highest BCUT2D eigenvalue weighted by Crippen LogP contribution is 2.47. The molecule has 3 nitrogen and oxygen atoms in total. The minimum atomic E-state index is 0.0195. The zero-order chi connectivity index (χ0) is 16.6. The van der Waals surface area contributed by atoms with Gasteiger partial charge < -0.3 is 4.90 Å². The number of anilines is 1. The van der Waals surface area contributed by atoms with Gasteiger partial charge in [0, 0.05) is 18.0 Å². The molecule has 0 N–H and O–H groups in total. The van der Waals surface area contributed by atoms with Gasteiger partial charge in [-0.15, -0.1) is 0 Å². The van der Waals surface area contributed by atoms with Crippen molar-refractivity contribution in [2.24, 2.45) is 0 Å². The van der Waals surface area contributed by atoms with E-state index >= 15 is 0 Å². The summed E-state index contributed by atoms with van der Waals surface area (Å²) in [5.41, 5.74) is 2.34. The lowest BCUT2D eigenvalue weighted by Crippen LogP contribution is -2.27. The van der Waals surface area contributed by atoms with Crippen LogP contribution in [0, 0.1) is 0 Å². The summed E-state index contributed by atoms with van der Waals surface area (Å²) >= 11 is 8.44. The first-order valence-corrected chi connectivity index (χ1v) is 9.61. The molecule has 0 atom stereocenters. The Labute approximate surface area is 150 Å². The Balaban J connectivity index is 1.95. The Bertz CT molecular complexity index is 739. The zero-order valence-electron chi connectivity index (χ0n) is 13.3. The number of hydrogen-bond donors (Lipinski definition) is 0. The van der Waals surface area contributed by atoms with Crippen LogP contribution < -0.4 is 4.90 Å². The van der Waals surface area contributed by atoms with Crippen molar-refractivity contribution < 1.29 is 4.79 Å². The highest BCUT2D eigenvalue weighted by molar-refractivity contribution is 8.26. The molecule has 23 heavy (non-hydrogen) atoms. The molecule has 0 spiro atoms. The summed E-state index contributed by atoms with van der Waals surface area (Å²) < 4.78 is 0.649. The number of thiocarbonyl (C=S) groups is 1. The minimum Gasteiger partial charge on any atom is -0.335 e. The first kappa shape index (κ1) is 16.6. The fourth-order valence-electron chi connectivity index (χ4n) is 2.67. The first-order valence-electron chi connectivity index (χ1n) is 7.57. The Hall–Kier alpha value is -1.24. The van der Waals surface area contributed by atoms with Gasteiger partial charge >= 0.3 is 0 Å². The van der Waals surface area contributed by atoms with E-state index in [-0.39, 0.29) is 5.91 Å². The zero-order valence-corrected chi connectivity index (χ0v) is 15.8. The number of fused-ring (bicyclic) bond motifs is 1. The quantitative estimate of drug-likeness (QED) is 0.577. The fourth-order valence-corrected chi connectivity index (χ4v) is 5.29. The third-order valence-electron chi connectivity index (χ3n) is 3.80. The molecule has 0 unspecified atom stereocenters. The van der Waals surface area contributed by atoms with Gasteiger partial charge in [0.05, 0.1) is 15.6 Å². The average Bonchev–Trinajstić information content (AvgIpc) is 3.05. The SMILES string of the molecule is CCN1C(=O)C(=CC(C)=C2Sc3ccccc3N2CC)SC1=S. The normalized spacial score (nSPS) is 21.4. The van der Waals surface area contributed by atoms with Crippen molar-refractivity contribution in [3.8, 4) is 0 Å². The van der Waals surface area contributed by atoms with E-state index in [0.29, 0.717) is 10.9 Å². The number of likely N-dealkylation sites (N-methyl/N-ethyl adjacent to an activating group) is 1. The molecule has 1 fully saturated rings. The Morgan fingerprint density at radius 1 is 1.17 bits per heavy atom. The third-order valence-corrected chi connectivity index (χ3v) is 6.48. The average molecular weight is 363 g/mol. The number of amides is 1. The van der Waals surface area contributed by atoms with Crippen molar-refractivity contribution in [1.29, 1.82) is 0 Å². The molecule has 6 heteroatoms. The van der Waals surface area contributed by atoms with Crippen LogP contribution in [0.25, 0.3) is 0 Å². The predicted molar refractivity (Wildman–Crippen MR) is 104 cm³/mol. The molecule has 0 radical (unpaired) electrons. The van der Waals surface area contributed by atoms with E-state index in [1.165, 1.54) is 27.4 Å². The van der Waals surface area contributed by atoms with Gasteiger partial charge in [0.15, 0.2) is 0 Å². The number of benzene rings is 1. The summed E-state index contributed by atoms with van der Waals surface area (Å²) in [5.74, 6) is 0.0195. The number of carbonyl (C=O) groups excluding carboxylic acids is 1. The van der Waals surface area contributed by atoms with Crippen LogP contribution in [0.2, 0.25) is 0 Å². The van der Waals surface area contributed by atoms with Crippen LogP contribution in [0.3, 0.4) is 0 Å². The number of allylic oxidation sites excluding steroid dienone is 2. The van der Waals surface area contributed by atoms with Crippen molar-refractivity contribution in [2.75, 3.05) is 18.0 Å². The standard InChI is InChI=1S/C17H18N2OS3/c1-4-18-12-8-6-7-9-13(12)22-16(18)11(3)10-14-15(20)19(5-2)17(21)23-14/h6-10H,4-5H2,1-3H3. The number of thioether (sulfide) groups is 2. The molecule has 2 aliphatic heterocycles. The maximum Gasteiger partial charge on any atom is 0.266 e. The molecule has 0 bridgehead atoms. The Morgan fingerprint density at radius 2 is 1.87 bits per heavy atom. The Morgan fingerprint density at radius 3 is 2.52 bits per heavy atom. The van der Waals surface area contributed by atoms with E-state index in [0.717, 1.165) is 17.0 Å². The summed E-state index contributed by atoms with van der Waals surface area (Å²) in [6.07, 6.45) is 1.98. The van der Waals surface area contributed by atoms with E-state index in [1.54, 1.807) is 16.7 Å². The van der Waals surface area contributed by atoms with Gasteiger partial charge in [-0.1, -0.05) is 47.9 Å².